The zero-order valence-corrected chi connectivity index (χ0v) is 12.9. The summed E-state index contributed by atoms with van der Waals surface area (Å²) in [7, 11) is 1.57. The molecular weight excluding hydrogens is 312 g/mol. The first-order chi connectivity index (χ1) is 11.6. The van der Waals surface area contributed by atoms with Gasteiger partial charge in [-0.25, -0.2) is 0 Å². The summed E-state index contributed by atoms with van der Waals surface area (Å²) in [6.07, 6.45) is 0.742. The Morgan fingerprint density at radius 2 is 2.08 bits per heavy atom. The molecular formula is C16H16N4O4. The number of imidazole rings is 1. The SMILES string of the molecule is COc1ccc([C@H](O)CNc2nc3ccccn3c2[N+](=O)[O-])cc1. The molecule has 0 radical (unpaired) electrons. The van der Waals surface area contributed by atoms with E-state index in [1.807, 2.05) is 0 Å². The van der Waals surface area contributed by atoms with E-state index in [0.29, 0.717) is 17.0 Å². The zero-order valence-electron chi connectivity index (χ0n) is 12.9. The van der Waals surface area contributed by atoms with E-state index in [-0.39, 0.29) is 18.2 Å². The first-order valence-corrected chi connectivity index (χ1v) is 7.27. The van der Waals surface area contributed by atoms with E-state index < -0.39 is 11.0 Å². The molecule has 3 aromatic rings. The van der Waals surface area contributed by atoms with Crippen molar-refractivity contribution in [3.63, 3.8) is 0 Å². The van der Waals surface area contributed by atoms with Crippen molar-refractivity contribution in [2.45, 2.75) is 6.10 Å². The van der Waals surface area contributed by atoms with E-state index in [4.69, 9.17) is 4.74 Å². The van der Waals surface area contributed by atoms with Gasteiger partial charge in [-0.3, -0.25) is 0 Å². The van der Waals surface area contributed by atoms with Gasteiger partial charge in [-0.1, -0.05) is 18.2 Å². The third kappa shape index (κ3) is 2.99. The number of nitro groups is 1. The van der Waals surface area contributed by atoms with Crippen LogP contribution in [0.5, 0.6) is 5.75 Å². The molecule has 0 aliphatic heterocycles. The molecule has 1 atom stereocenters. The average molecular weight is 328 g/mol. The van der Waals surface area contributed by atoms with Crippen LogP contribution in [-0.4, -0.2) is 33.1 Å². The molecule has 2 aromatic heterocycles. The van der Waals surface area contributed by atoms with E-state index in [2.05, 4.69) is 10.3 Å². The predicted octanol–water partition coefficient (Wildman–Crippen LogP) is 2.40. The Morgan fingerprint density at radius 1 is 1.33 bits per heavy atom. The molecule has 0 spiro atoms. The number of nitrogens with zero attached hydrogens (tertiary/aromatic N) is 3. The number of methoxy groups -OCH3 is 1. The molecule has 0 saturated heterocycles. The van der Waals surface area contributed by atoms with Gasteiger partial charge in [-0.05, 0) is 28.7 Å². The molecule has 0 amide bonds. The van der Waals surface area contributed by atoms with Gasteiger partial charge in [-0.15, -0.1) is 0 Å². The lowest BCUT2D eigenvalue weighted by Gasteiger charge is -2.12. The fourth-order valence-corrected chi connectivity index (χ4v) is 2.41. The van der Waals surface area contributed by atoms with Gasteiger partial charge in [-0.2, -0.15) is 9.38 Å². The molecule has 0 aliphatic carbocycles. The second-order valence-electron chi connectivity index (χ2n) is 5.14. The lowest BCUT2D eigenvalue weighted by molar-refractivity contribution is -0.389. The van der Waals surface area contributed by atoms with Crippen molar-refractivity contribution in [3.8, 4) is 5.75 Å². The van der Waals surface area contributed by atoms with Crippen molar-refractivity contribution in [3.05, 3.63) is 64.3 Å². The highest BCUT2D eigenvalue weighted by molar-refractivity contribution is 5.62. The number of hydrogen-bond acceptors (Lipinski definition) is 6. The van der Waals surface area contributed by atoms with Gasteiger partial charge in [0.1, 0.15) is 5.75 Å². The van der Waals surface area contributed by atoms with Crippen molar-refractivity contribution >= 4 is 17.3 Å². The molecule has 2 N–H and O–H groups in total. The highest BCUT2D eigenvalue weighted by Crippen LogP contribution is 2.26. The first kappa shape index (κ1) is 15.8. The van der Waals surface area contributed by atoms with Crippen LogP contribution >= 0.6 is 0 Å². The van der Waals surface area contributed by atoms with Gasteiger partial charge in [0.15, 0.2) is 0 Å². The number of aliphatic hydroxyl groups excluding tert-OH is 1. The third-order valence-corrected chi connectivity index (χ3v) is 3.64. The molecule has 8 heteroatoms. The summed E-state index contributed by atoms with van der Waals surface area (Å²) in [5.74, 6) is 0.654. The van der Waals surface area contributed by atoms with Crippen LogP contribution in [0, 0.1) is 10.1 Å². The monoisotopic (exact) mass is 328 g/mol. The standard InChI is InChI=1S/C16H16N4O4/c1-24-12-7-5-11(6-8-12)13(21)10-17-15-16(20(22)23)19-9-3-2-4-14(19)18-15/h2-9,13,17,21H,10H2,1H3/t13-/m1/s1. The summed E-state index contributed by atoms with van der Waals surface area (Å²) < 4.78 is 6.46. The third-order valence-electron chi connectivity index (χ3n) is 3.64. The van der Waals surface area contributed by atoms with Crippen molar-refractivity contribution in [2.24, 2.45) is 0 Å². The maximum Gasteiger partial charge on any atom is 0.372 e. The molecule has 124 valence electrons. The van der Waals surface area contributed by atoms with E-state index >= 15 is 0 Å². The molecule has 0 aliphatic rings. The summed E-state index contributed by atoms with van der Waals surface area (Å²) in [6.45, 7) is 0.0943. The van der Waals surface area contributed by atoms with E-state index in [9.17, 15) is 15.2 Å². The van der Waals surface area contributed by atoms with E-state index in [1.165, 1.54) is 4.40 Å². The van der Waals surface area contributed by atoms with Crippen molar-refractivity contribution in [2.75, 3.05) is 19.0 Å². The zero-order chi connectivity index (χ0) is 17.1. The number of fused-ring (bicyclic) bond motifs is 1. The largest absolute Gasteiger partial charge is 0.497 e. The highest BCUT2D eigenvalue weighted by Gasteiger charge is 2.22. The molecule has 0 fully saturated rings. The maximum absolute atomic E-state index is 11.3. The number of pyridine rings is 1. The van der Waals surface area contributed by atoms with Gasteiger partial charge in [0.25, 0.3) is 0 Å². The fraction of sp³-hybridized carbons (Fsp3) is 0.188. The quantitative estimate of drug-likeness (QED) is 0.532. The van der Waals surface area contributed by atoms with Crippen LogP contribution in [0.1, 0.15) is 11.7 Å². The number of aromatic nitrogens is 2. The van der Waals surface area contributed by atoms with Gasteiger partial charge < -0.3 is 25.3 Å². The Labute approximate surface area is 137 Å². The number of nitrogens with one attached hydrogen (secondary N) is 1. The molecule has 0 saturated carbocycles. The number of rotatable bonds is 6. The Morgan fingerprint density at radius 3 is 2.75 bits per heavy atom. The minimum atomic E-state index is -0.833. The smallest absolute Gasteiger partial charge is 0.372 e. The summed E-state index contributed by atoms with van der Waals surface area (Å²) in [5.41, 5.74) is 1.14. The number of aliphatic hydroxyl groups is 1. The normalized spacial score (nSPS) is 12.1. The second-order valence-corrected chi connectivity index (χ2v) is 5.14. The molecule has 1 aromatic carbocycles. The molecule has 24 heavy (non-hydrogen) atoms. The lowest BCUT2D eigenvalue weighted by Crippen LogP contribution is -2.13. The van der Waals surface area contributed by atoms with Gasteiger partial charge >= 0.3 is 5.82 Å². The number of anilines is 1. The summed E-state index contributed by atoms with van der Waals surface area (Å²) >= 11 is 0. The van der Waals surface area contributed by atoms with Gasteiger partial charge in [0, 0.05) is 12.6 Å². The van der Waals surface area contributed by atoms with E-state index in [1.54, 1.807) is 55.8 Å². The molecule has 0 unspecified atom stereocenters. The lowest BCUT2D eigenvalue weighted by atomic mass is 10.1. The average Bonchev–Trinajstić information content (AvgIpc) is 2.98. The van der Waals surface area contributed by atoms with Crippen molar-refractivity contribution in [1.82, 2.24) is 9.38 Å². The summed E-state index contributed by atoms with van der Waals surface area (Å²) in [6, 6.07) is 12.1. The van der Waals surface area contributed by atoms with Crippen LogP contribution < -0.4 is 10.1 Å². The van der Waals surface area contributed by atoms with Crippen molar-refractivity contribution < 1.29 is 14.8 Å². The Balaban J connectivity index is 1.79. The minimum absolute atomic E-state index is 0.0943. The van der Waals surface area contributed by atoms with Crippen LogP contribution in [0.15, 0.2) is 48.7 Å². The van der Waals surface area contributed by atoms with Crippen LogP contribution in [0.3, 0.4) is 0 Å². The van der Waals surface area contributed by atoms with Gasteiger partial charge in [0.2, 0.25) is 11.5 Å². The molecule has 2 heterocycles. The Bertz CT molecular complexity index is 860. The summed E-state index contributed by atoms with van der Waals surface area (Å²) in [5, 5.41) is 24.4. The van der Waals surface area contributed by atoms with Crippen LogP contribution in [0.25, 0.3) is 5.65 Å². The second kappa shape index (κ2) is 6.55. The van der Waals surface area contributed by atoms with Crippen LogP contribution in [0.4, 0.5) is 11.6 Å². The van der Waals surface area contributed by atoms with Gasteiger partial charge in [0.05, 0.1) is 19.4 Å². The van der Waals surface area contributed by atoms with Crippen LogP contribution in [-0.2, 0) is 0 Å². The topological polar surface area (TPSA) is 102 Å². The Kier molecular flexibility index (Phi) is 4.30. The Hall–Kier alpha value is -3.13. The number of hydrogen-bond donors (Lipinski definition) is 2. The first-order valence-electron chi connectivity index (χ1n) is 7.27. The van der Waals surface area contributed by atoms with Crippen LogP contribution in [0.2, 0.25) is 0 Å². The maximum atomic E-state index is 11.3. The minimum Gasteiger partial charge on any atom is -0.497 e. The molecule has 3 rings (SSSR count). The van der Waals surface area contributed by atoms with E-state index in [0.717, 1.165) is 0 Å². The molecule has 0 bridgehead atoms. The molecule has 8 nitrogen and oxygen atoms in total. The number of benzene rings is 1. The highest BCUT2D eigenvalue weighted by atomic mass is 16.6. The summed E-state index contributed by atoms with van der Waals surface area (Å²) in [4.78, 5) is 15.0. The fourth-order valence-electron chi connectivity index (χ4n) is 2.41. The predicted molar refractivity (Wildman–Crippen MR) is 88.3 cm³/mol. The number of ether oxygens (including phenoxy) is 1. The van der Waals surface area contributed by atoms with Crippen molar-refractivity contribution in [1.29, 1.82) is 0 Å².